The van der Waals surface area contributed by atoms with Gasteiger partial charge in [-0.2, -0.15) is 0 Å². The van der Waals surface area contributed by atoms with Gasteiger partial charge in [0, 0.05) is 17.7 Å². The Hall–Kier alpha value is -1.88. The number of carbonyl (C=O) groups excluding carboxylic acids is 2. The van der Waals surface area contributed by atoms with Crippen LogP contribution in [0.4, 0.5) is 5.69 Å². The number of nitrogens with two attached hydrogens (primary N) is 1. The monoisotopic (exact) mass is 303 g/mol. The van der Waals surface area contributed by atoms with E-state index in [9.17, 15) is 9.59 Å². The number of anilines is 1. The third-order valence-corrected chi connectivity index (χ3v) is 4.44. The van der Waals surface area contributed by atoms with Crippen molar-refractivity contribution in [1.29, 1.82) is 0 Å². The van der Waals surface area contributed by atoms with E-state index in [-0.39, 0.29) is 5.91 Å². The Morgan fingerprint density at radius 2 is 2.23 bits per heavy atom. The molecule has 2 rings (SSSR count). The average Bonchev–Trinajstić information content (AvgIpc) is 2.50. The maximum atomic E-state index is 12.3. The highest BCUT2D eigenvalue weighted by Gasteiger charge is 2.22. The second-order valence-corrected chi connectivity index (χ2v) is 6.23. The van der Waals surface area contributed by atoms with Crippen molar-refractivity contribution in [3.63, 3.8) is 0 Å². The molecule has 2 atom stereocenters. The first kappa shape index (κ1) is 16.5. The summed E-state index contributed by atoms with van der Waals surface area (Å²) in [5, 5.41) is 6.29. The lowest BCUT2D eigenvalue weighted by molar-refractivity contribution is -0.117. The molecule has 5 nitrogen and oxygen atoms in total. The molecule has 1 fully saturated rings. The van der Waals surface area contributed by atoms with Gasteiger partial charge in [0.2, 0.25) is 11.8 Å². The first-order valence-corrected chi connectivity index (χ1v) is 7.88. The van der Waals surface area contributed by atoms with Crippen LogP contribution < -0.4 is 16.4 Å². The lowest BCUT2D eigenvalue weighted by Crippen LogP contribution is -2.34. The van der Waals surface area contributed by atoms with E-state index in [1.54, 1.807) is 18.2 Å². The summed E-state index contributed by atoms with van der Waals surface area (Å²) in [4.78, 5) is 23.5. The van der Waals surface area contributed by atoms with E-state index in [2.05, 4.69) is 17.6 Å². The van der Waals surface area contributed by atoms with Crippen molar-refractivity contribution >= 4 is 17.5 Å². The molecule has 1 aromatic rings. The summed E-state index contributed by atoms with van der Waals surface area (Å²) in [6.45, 7) is 6.10. The Morgan fingerprint density at radius 1 is 1.45 bits per heavy atom. The van der Waals surface area contributed by atoms with Crippen LogP contribution in [0.25, 0.3) is 0 Å². The lowest BCUT2D eigenvalue weighted by atomic mass is 9.85. The van der Waals surface area contributed by atoms with Crippen molar-refractivity contribution in [1.82, 2.24) is 5.32 Å². The topological polar surface area (TPSA) is 84.2 Å². The second kappa shape index (κ2) is 7.40. The summed E-state index contributed by atoms with van der Waals surface area (Å²) in [7, 11) is 0. The smallest absolute Gasteiger partial charge is 0.248 e. The maximum absolute atomic E-state index is 12.3. The molecule has 2 amide bonds. The minimum Gasteiger partial charge on any atom is -0.366 e. The zero-order valence-corrected chi connectivity index (χ0v) is 13.3. The summed E-state index contributed by atoms with van der Waals surface area (Å²) >= 11 is 0. The molecular weight excluding hydrogens is 278 g/mol. The number of amides is 2. The molecule has 1 aliphatic rings. The van der Waals surface area contributed by atoms with E-state index in [4.69, 9.17) is 5.73 Å². The van der Waals surface area contributed by atoms with Crippen LogP contribution in [0.15, 0.2) is 18.2 Å². The molecular formula is C17H25N3O2. The molecule has 4 N–H and O–H groups in total. The van der Waals surface area contributed by atoms with E-state index in [1.165, 1.54) is 12.8 Å². The molecule has 5 heteroatoms. The van der Waals surface area contributed by atoms with Gasteiger partial charge in [-0.25, -0.2) is 0 Å². The molecule has 1 aromatic carbocycles. The third-order valence-electron chi connectivity index (χ3n) is 4.44. The highest BCUT2D eigenvalue weighted by molar-refractivity contribution is 5.97. The summed E-state index contributed by atoms with van der Waals surface area (Å²) < 4.78 is 0. The highest BCUT2D eigenvalue weighted by Crippen LogP contribution is 2.24. The van der Waals surface area contributed by atoms with E-state index < -0.39 is 5.91 Å². The molecule has 1 heterocycles. The van der Waals surface area contributed by atoms with Gasteiger partial charge in [0.15, 0.2) is 0 Å². The molecule has 0 radical (unpaired) electrons. The number of hydrogen-bond acceptors (Lipinski definition) is 3. The molecule has 0 aromatic heterocycles. The molecule has 1 aliphatic heterocycles. The molecule has 0 aliphatic carbocycles. The SMILES string of the molecule is Cc1ccc(C(N)=O)cc1NC(=O)CC(C)C1CCCNC1. The minimum atomic E-state index is -0.489. The van der Waals surface area contributed by atoms with Gasteiger partial charge in [-0.3, -0.25) is 9.59 Å². The summed E-state index contributed by atoms with van der Waals surface area (Å²) in [6.07, 6.45) is 2.85. The van der Waals surface area contributed by atoms with Gasteiger partial charge in [-0.15, -0.1) is 0 Å². The van der Waals surface area contributed by atoms with Crippen LogP contribution in [0.3, 0.4) is 0 Å². The third kappa shape index (κ3) is 4.31. The van der Waals surface area contributed by atoms with E-state index in [0.717, 1.165) is 18.7 Å². The van der Waals surface area contributed by atoms with Gasteiger partial charge in [-0.1, -0.05) is 13.0 Å². The van der Waals surface area contributed by atoms with E-state index in [1.807, 2.05) is 6.92 Å². The quantitative estimate of drug-likeness (QED) is 0.778. The van der Waals surface area contributed by atoms with Crippen LogP contribution in [0.5, 0.6) is 0 Å². The lowest BCUT2D eigenvalue weighted by Gasteiger charge is -2.28. The first-order valence-electron chi connectivity index (χ1n) is 7.88. The first-order chi connectivity index (χ1) is 10.5. The fourth-order valence-corrected chi connectivity index (χ4v) is 2.93. The van der Waals surface area contributed by atoms with Crippen LogP contribution in [0.1, 0.15) is 42.1 Å². The van der Waals surface area contributed by atoms with Gasteiger partial charge in [0.1, 0.15) is 0 Å². The van der Waals surface area contributed by atoms with Crippen LogP contribution in [0.2, 0.25) is 0 Å². The zero-order valence-electron chi connectivity index (χ0n) is 13.3. The van der Waals surface area contributed by atoms with Crippen molar-refractivity contribution in [3.8, 4) is 0 Å². The Labute approximate surface area is 131 Å². The molecule has 0 saturated carbocycles. The summed E-state index contributed by atoms with van der Waals surface area (Å²) in [5.41, 5.74) is 7.27. The Morgan fingerprint density at radius 3 is 2.86 bits per heavy atom. The number of rotatable bonds is 5. The molecule has 22 heavy (non-hydrogen) atoms. The number of nitrogens with one attached hydrogen (secondary N) is 2. The summed E-state index contributed by atoms with van der Waals surface area (Å²) in [5.74, 6) is 0.393. The molecule has 0 spiro atoms. The van der Waals surface area contributed by atoms with Crippen molar-refractivity contribution in [2.75, 3.05) is 18.4 Å². The maximum Gasteiger partial charge on any atom is 0.248 e. The van der Waals surface area contributed by atoms with Crippen LogP contribution >= 0.6 is 0 Å². The van der Waals surface area contributed by atoms with E-state index >= 15 is 0 Å². The second-order valence-electron chi connectivity index (χ2n) is 6.23. The largest absolute Gasteiger partial charge is 0.366 e. The van der Waals surface area contributed by atoms with Gasteiger partial charge in [-0.05, 0) is 62.4 Å². The van der Waals surface area contributed by atoms with Crippen molar-refractivity contribution in [3.05, 3.63) is 29.3 Å². The van der Waals surface area contributed by atoms with Crippen molar-refractivity contribution < 1.29 is 9.59 Å². The predicted octanol–water partition coefficient (Wildman–Crippen LogP) is 2.06. The van der Waals surface area contributed by atoms with Crippen LogP contribution in [0, 0.1) is 18.8 Å². The molecule has 1 saturated heterocycles. The van der Waals surface area contributed by atoms with Crippen LogP contribution in [-0.2, 0) is 4.79 Å². The minimum absolute atomic E-state index is 0.0113. The number of carbonyl (C=O) groups is 2. The Kier molecular flexibility index (Phi) is 5.55. The number of aryl methyl sites for hydroxylation is 1. The fraction of sp³-hybridized carbons (Fsp3) is 0.529. The highest BCUT2D eigenvalue weighted by atomic mass is 16.2. The number of benzene rings is 1. The fourth-order valence-electron chi connectivity index (χ4n) is 2.93. The number of hydrogen-bond donors (Lipinski definition) is 3. The normalized spacial score (nSPS) is 19.5. The number of piperidine rings is 1. The zero-order chi connectivity index (χ0) is 16.1. The van der Waals surface area contributed by atoms with Gasteiger partial charge >= 0.3 is 0 Å². The van der Waals surface area contributed by atoms with Gasteiger partial charge in [0.05, 0.1) is 0 Å². The van der Waals surface area contributed by atoms with Crippen molar-refractivity contribution in [2.24, 2.45) is 17.6 Å². The Bertz CT molecular complexity index is 551. The number of primary amides is 1. The molecule has 120 valence electrons. The van der Waals surface area contributed by atoms with Gasteiger partial charge < -0.3 is 16.4 Å². The molecule has 2 unspecified atom stereocenters. The predicted molar refractivity (Wildman–Crippen MR) is 87.7 cm³/mol. The standard InChI is InChI=1S/C17H25N3O2/c1-11-5-6-13(17(18)22)9-15(11)20-16(21)8-12(2)14-4-3-7-19-10-14/h5-6,9,12,14,19H,3-4,7-8,10H2,1-2H3,(H2,18,22)(H,20,21). The van der Waals surface area contributed by atoms with Gasteiger partial charge in [0.25, 0.3) is 0 Å². The molecule has 0 bridgehead atoms. The van der Waals surface area contributed by atoms with E-state index in [0.29, 0.717) is 29.5 Å². The van der Waals surface area contributed by atoms with Crippen LogP contribution in [-0.4, -0.2) is 24.9 Å². The summed E-state index contributed by atoms with van der Waals surface area (Å²) in [6, 6.07) is 5.11. The Balaban J connectivity index is 1.96. The van der Waals surface area contributed by atoms with Crippen molar-refractivity contribution in [2.45, 2.75) is 33.1 Å². The average molecular weight is 303 g/mol.